The molecule has 2 aromatic rings. The van der Waals surface area contributed by atoms with Crippen LogP contribution >= 0.6 is 23.1 Å². The zero-order chi connectivity index (χ0) is 23.4. The molecule has 3 heterocycles. The highest BCUT2D eigenvalue weighted by atomic mass is 32.2. The molecule has 1 aromatic heterocycles. The van der Waals surface area contributed by atoms with E-state index in [9.17, 15) is 19.2 Å². The lowest BCUT2D eigenvalue weighted by atomic mass is 10.0. The molecule has 1 aromatic carbocycles. The highest BCUT2D eigenvalue weighted by molar-refractivity contribution is 8.00. The smallest absolute Gasteiger partial charge is 0.355 e. The lowest BCUT2D eigenvalue weighted by molar-refractivity contribution is -0.153. The van der Waals surface area contributed by atoms with Crippen molar-refractivity contribution in [2.45, 2.75) is 31.4 Å². The number of ether oxygens (including phenoxy) is 2. The van der Waals surface area contributed by atoms with Crippen LogP contribution in [0.1, 0.15) is 17.4 Å². The number of thiophene rings is 1. The van der Waals surface area contributed by atoms with E-state index in [0.717, 1.165) is 10.4 Å². The first kappa shape index (κ1) is 23.1. The first-order valence-corrected chi connectivity index (χ1v) is 12.2. The van der Waals surface area contributed by atoms with E-state index in [-0.39, 0.29) is 31.2 Å². The molecule has 2 aliphatic rings. The number of carbonyl (C=O) groups is 4. The van der Waals surface area contributed by atoms with Gasteiger partial charge in [-0.1, -0.05) is 36.4 Å². The van der Waals surface area contributed by atoms with Gasteiger partial charge in [-0.25, -0.2) is 4.79 Å². The number of nitrogens with zero attached hydrogens (tertiary/aromatic N) is 1. The van der Waals surface area contributed by atoms with Crippen LogP contribution in [0.2, 0.25) is 0 Å². The molecule has 0 spiro atoms. The molecule has 1 N–H and O–H groups in total. The summed E-state index contributed by atoms with van der Waals surface area (Å²) in [6.07, 6.45) is 0.193. The molecule has 0 radical (unpaired) electrons. The highest BCUT2D eigenvalue weighted by Crippen LogP contribution is 2.40. The lowest BCUT2D eigenvalue weighted by Gasteiger charge is -2.49. The molecule has 2 amide bonds. The number of hydrogen-bond donors (Lipinski definition) is 1. The number of nitrogens with one attached hydrogen (secondary N) is 1. The van der Waals surface area contributed by atoms with E-state index in [2.05, 4.69) is 5.32 Å². The van der Waals surface area contributed by atoms with Crippen LogP contribution in [0.25, 0.3) is 0 Å². The number of β-lactam (4-membered cyclic amide) rings is 1. The van der Waals surface area contributed by atoms with Crippen LogP contribution in [0, 0.1) is 0 Å². The summed E-state index contributed by atoms with van der Waals surface area (Å²) in [5.74, 6) is -1.42. The van der Waals surface area contributed by atoms with Gasteiger partial charge in [0.2, 0.25) is 5.91 Å². The van der Waals surface area contributed by atoms with E-state index in [0.29, 0.717) is 11.3 Å². The summed E-state index contributed by atoms with van der Waals surface area (Å²) in [4.78, 5) is 51.9. The number of rotatable bonds is 8. The van der Waals surface area contributed by atoms with Gasteiger partial charge in [0.1, 0.15) is 30.3 Å². The Morgan fingerprint density at radius 3 is 2.58 bits per heavy atom. The molecule has 10 heteroatoms. The minimum Gasteiger partial charge on any atom is -0.461 e. The average Bonchev–Trinajstić information content (AvgIpc) is 3.32. The van der Waals surface area contributed by atoms with Gasteiger partial charge < -0.3 is 14.8 Å². The molecule has 1 saturated heterocycles. The van der Waals surface area contributed by atoms with Crippen LogP contribution in [0.5, 0.6) is 0 Å². The fourth-order valence-corrected chi connectivity index (χ4v) is 5.59. The van der Waals surface area contributed by atoms with Crippen molar-refractivity contribution in [3.8, 4) is 0 Å². The second-order valence-electron chi connectivity index (χ2n) is 7.51. The molecule has 0 saturated carbocycles. The van der Waals surface area contributed by atoms with Crippen LogP contribution in [0.4, 0.5) is 0 Å². The zero-order valence-electron chi connectivity index (χ0n) is 17.8. The summed E-state index contributed by atoms with van der Waals surface area (Å²) in [6.45, 7) is 1.22. The Morgan fingerprint density at radius 2 is 1.88 bits per heavy atom. The van der Waals surface area contributed by atoms with Gasteiger partial charge in [0, 0.05) is 23.1 Å². The predicted molar refractivity (Wildman–Crippen MR) is 123 cm³/mol. The van der Waals surface area contributed by atoms with Gasteiger partial charge in [-0.3, -0.25) is 19.3 Å². The van der Waals surface area contributed by atoms with Crippen molar-refractivity contribution >= 4 is 46.9 Å². The van der Waals surface area contributed by atoms with E-state index >= 15 is 0 Å². The summed E-state index contributed by atoms with van der Waals surface area (Å²) in [6, 6.07) is 12.2. The summed E-state index contributed by atoms with van der Waals surface area (Å²) < 4.78 is 10.6. The number of carbonyl (C=O) groups excluding carboxylic acids is 4. The van der Waals surface area contributed by atoms with Gasteiger partial charge in [0.15, 0.2) is 0 Å². The number of benzene rings is 1. The third-order valence-electron chi connectivity index (χ3n) is 5.13. The van der Waals surface area contributed by atoms with Crippen LogP contribution in [-0.4, -0.2) is 52.4 Å². The fraction of sp³-hybridized carbons (Fsp3) is 0.304. The zero-order valence-corrected chi connectivity index (χ0v) is 19.4. The Balaban J connectivity index is 1.47. The largest absolute Gasteiger partial charge is 0.461 e. The molecular formula is C23H22N2O6S2. The van der Waals surface area contributed by atoms with Crippen molar-refractivity contribution in [2.75, 3.05) is 12.4 Å². The third kappa shape index (κ3) is 5.28. The monoisotopic (exact) mass is 486 g/mol. The Labute approximate surface area is 198 Å². The molecule has 33 heavy (non-hydrogen) atoms. The van der Waals surface area contributed by atoms with Crippen molar-refractivity contribution in [1.82, 2.24) is 10.2 Å². The molecule has 0 unspecified atom stereocenters. The van der Waals surface area contributed by atoms with Gasteiger partial charge in [-0.05, 0) is 17.0 Å². The minimum absolute atomic E-state index is 0.0465. The third-order valence-corrected chi connectivity index (χ3v) is 7.35. The summed E-state index contributed by atoms with van der Waals surface area (Å²) in [5, 5.41) is 4.24. The van der Waals surface area contributed by atoms with Crippen LogP contribution in [0.3, 0.4) is 0 Å². The maximum atomic E-state index is 13.0. The predicted octanol–water partition coefficient (Wildman–Crippen LogP) is 2.25. The molecule has 1 fully saturated rings. The number of esters is 2. The maximum Gasteiger partial charge on any atom is 0.355 e. The molecule has 0 aliphatic carbocycles. The van der Waals surface area contributed by atoms with Gasteiger partial charge >= 0.3 is 11.9 Å². The van der Waals surface area contributed by atoms with E-state index in [1.807, 2.05) is 47.8 Å². The topological polar surface area (TPSA) is 102 Å². The van der Waals surface area contributed by atoms with Gasteiger partial charge in [0.25, 0.3) is 5.91 Å². The Hall–Kier alpha value is -3.11. The van der Waals surface area contributed by atoms with Crippen molar-refractivity contribution in [3.05, 3.63) is 69.6 Å². The van der Waals surface area contributed by atoms with Crippen LogP contribution < -0.4 is 5.32 Å². The molecule has 8 nitrogen and oxygen atoms in total. The quantitative estimate of drug-likeness (QED) is 0.451. The molecule has 0 bridgehead atoms. The molecule has 2 atom stereocenters. The van der Waals surface area contributed by atoms with Gasteiger partial charge in [-0.15, -0.1) is 23.1 Å². The van der Waals surface area contributed by atoms with Gasteiger partial charge in [0.05, 0.1) is 6.42 Å². The second-order valence-corrected chi connectivity index (χ2v) is 9.64. The summed E-state index contributed by atoms with van der Waals surface area (Å²) >= 11 is 2.88. The number of hydrogen-bond acceptors (Lipinski definition) is 8. The number of fused-ring (bicyclic) bond motifs is 1. The fourth-order valence-electron chi connectivity index (χ4n) is 3.56. The first-order valence-electron chi connectivity index (χ1n) is 10.3. The molecular weight excluding hydrogens is 464 g/mol. The lowest BCUT2D eigenvalue weighted by Crippen LogP contribution is -2.70. The van der Waals surface area contributed by atoms with E-state index < -0.39 is 29.3 Å². The molecule has 2 aliphatic heterocycles. The van der Waals surface area contributed by atoms with Crippen LogP contribution in [0.15, 0.2) is 59.1 Å². The van der Waals surface area contributed by atoms with Crippen molar-refractivity contribution in [1.29, 1.82) is 0 Å². The molecule has 172 valence electrons. The highest BCUT2D eigenvalue weighted by Gasteiger charge is 2.54. The second kappa shape index (κ2) is 10.2. The maximum absolute atomic E-state index is 13.0. The number of amides is 2. The first-order chi connectivity index (χ1) is 15.9. The Bertz CT molecular complexity index is 1080. The standard InChI is InChI=1S/C23H22N2O6S2/c1-14(26)30-12-16-13-33-22-19(24-18(27)10-17-8-5-9-32-17)21(28)25(22)20(16)23(29)31-11-15-6-3-2-4-7-15/h2-9,19,22H,10-13H2,1H3,(H,24,27)/t19-,22-/m1/s1. The summed E-state index contributed by atoms with van der Waals surface area (Å²) in [5.41, 5.74) is 1.40. The van der Waals surface area contributed by atoms with E-state index in [1.165, 1.54) is 34.9 Å². The van der Waals surface area contributed by atoms with E-state index in [1.54, 1.807) is 0 Å². The normalized spacial score (nSPS) is 19.4. The minimum atomic E-state index is -0.727. The molecule has 4 rings (SSSR count). The average molecular weight is 487 g/mol. The Kier molecular flexibility index (Phi) is 7.14. The van der Waals surface area contributed by atoms with Crippen molar-refractivity contribution in [2.24, 2.45) is 0 Å². The SMILES string of the molecule is CC(=O)OCC1=C(C(=O)OCc2ccccc2)N2C(=O)[C@@H](NC(=O)Cc3cccs3)[C@H]2SC1. The van der Waals surface area contributed by atoms with Gasteiger partial charge in [-0.2, -0.15) is 0 Å². The Morgan fingerprint density at radius 1 is 1.09 bits per heavy atom. The van der Waals surface area contributed by atoms with E-state index in [4.69, 9.17) is 9.47 Å². The van der Waals surface area contributed by atoms with Crippen LogP contribution in [-0.2, 0) is 41.7 Å². The summed E-state index contributed by atoms with van der Waals surface area (Å²) in [7, 11) is 0. The number of thioether (sulfide) groups is 1. The van der Waals surface area contributed by atoms with Crippen molar-refractivity contribution < 1.29 is 28.7 Å². The van der Waals surface area contributed by atoms with Crippen molar-refractivity contribution in [3.63, 3.8) is 0 Å².